The van der Waals surface area contributed by atoms with Crippen LogP contribution in [-0.4, -0.2) is 59.1 Å². The summed E-state index contributed by atoms with van der Waals surface area (Å²) < 4.78 is 0. The van der Waals surface area contributed by atoms with E-state index in [9.17, 15) is 14.4 Å². The molecule has 0 saturated carbocycles. The maximum atomic E-state index is 11.3. The smallest absolute Gasteiger partial charge is 0.326 e. The Hall–Kier alpha value is -1.63. The summed E-state index contributed by atoms with van der Waals surface area (Å²) in [5, 5.41) is 19.5. The summed E-state index contributed by atoms with van der Waals surface area (Å²) in [6.45, 7) is 0.764. The van der Waals surface area contributed by atoms with Gasteiger partial charge in [0.2, 0.25) is 11.8 Å². The summed E-state index contributed by atoms with van der Waals surface area (Å²) in [6.07, 6.45) is -0.0646. The minimum absolute atomic E-state index is 0.0646. The topological polar surface area (TPSA) is 107 Å². The molecule has 0 aliphatic rings. The second kappa shape index (κ2) is 6.78. The number of carbonyl (C=O) groups is 3. The van der Waals surface area contributed by atoms with Crippen LogP contribution in [-0.2, 0) is 14.4 Å². The number of rotatable bonds is 6. The van der Waals surface area contributed by atoms with Crippen LogP contribution in [0.2, 0.25) is 0 Å². The molecule has 0 aliphatic heterocycles. The van der Waals surface area contributed by atoms with E-state index in [-0.39, 0.29) is 25.5 Å². The molecule has 0 aromatic carbocycles. The summed E-state index contributed by atoms with van der Waals surface area (Å²) in [5.74, 6) is -2.07. The fraction of sp³-hybridized carbons (Fsp3) is 0.667. The minimum Gasteiger partial charge on any atom is -0.480 e. The molecule has 0 radical (unpaired) electrons. The Bertz CT molecular complexity index is 279. The number of carboxylic acid groups (broad SMARTS) is 1. The van der Waals surface area contributed by atoms with Crippen LogP contribution >= 0.6 is 0 Å². The van der Waals surface area contributed by atoms with Crippen LogP contribution in [0.25, 0.3) is 0 Å². The van der Waals surface area contributed by atoms with E-state index >= 15 is 0 Å². The van der Waals surface area contributed by atoms with E-state index < -0.39 is 17.9 Å². The zero-order valence-corrected chi connectivity index (χ0v) is 9.27. The first kappa shape index (κ1) is 14.4. The Labute approximate surface area is 93.0 Å². The first-order valence-corrected chi connectivity index (χ1v) is 4.73. The molecule has 0 unspecified atom stereocenters. The summed E-state index contributed by atoms with van der Waals surface area (Å²) in [5.41, 5.74) is 0. The Kier molecular flexibility index (Phi) is 6.09. The van der Waals surface area contributed by atoms with E-state index in [1.54, 1.807) is 0 Å². The monoisotopic (exact) mass is 232 g/mol. The first-order valence-electron chi connectivity index (χ1n) is 4.73. The zero-order valence-electron chi connectivity index (χ0n) is 9.27. The minimum atomic E-state index is -1.21. The largest absolute Gasteiger partial charge is 0.480 e. The second-order valence-electron chi connectivity index (χ2n) is 3.35. The number of nitrogens with zero attached hydrogens (tertiary/aromatic N) is 1. The van der Waals surface area contributed by atoms with Crippen LogP contribution < -0.4 is 5.32 Å². The first-order chi connectivity index (χ1) is 7.38. The van der Waals surface area contributed by atoms with Crippen LogP contribution in [0.5, 0.6) is 0 Å². The van der Waals surface area contributed by atoms with Gasteiger partial charge in [-0.25, -0.2) is 4.79 Å². The number of nitrogens with one attached hydrogen (secondary N) is 1. The maximum absolute atomic E-state index is 11.3. The van der Waals surface area contributed by atoms with Crippen LogP contribution in [0.4, 0.5) is 0 Å². The lowest BCUT2D eigenvalue weighted by Crippen LogP contribution is -2.46. The van der Waals surface area contributed by atoms with Crippen molar-refractivity contribution in [2.24, 2.45) is 0 Å². The molecule has 7 heteroatoms. The molecule has 1 atom stereocenters. The van der Waals surface area contributed by atoms with Crippen molar-refractivity contribution in [3.63, 3.8) is 0 Å². The number of aliphatic hydroxyl groups is 1. The molecule has 0 rings (SSSR count). The third-order valence-corrected chi connectivity index (χ3v) is 1.97. The van der Waals surface area contributed by atoms with E-state index in [0.717, 1.165) is 4.90 Å². The number of hydrogen-bond acceptors (Lipinski definition) is 4. The molecule has 0 bridgehead atoms. The normalized spacial score (nSPS) is 11.7. The number of aliphatic hydroxyl groups excluding tert-OH is 1. The molecular formula is C9H16N2O5. The molecule has 3 N–H and O–H groups in total. The van der Waals surface area contributed by atoms with Crippen molar-refractivity contribution >= 4 is 17.8 Å². The molecule has 0 aromatic rings. The van der Waals surface area contributed by atoms with Crippen LogP contribution in [0.15, 0.2) is 0 Å². The second-order valence-corrected chi connectivity index (χ2v) is 3.35. The molecule has 16 heavy (non-hydrogen) atoms. The molecule has 92 valence electrons. The molecule has 0 heterocycles. The van der Waals surface area contributed by atoms with Gasteiger partial charge in [-0.2, -0.15) is 0 Å². The predicted octanol–water partition coefficient (Wildman–Crippen LogP) is -1.58. The molecule has 0 fully saturated rings. The average molecular weight is 232 g/mol. The molecule has 0 aromatic heterocycles. The lowest BCUT2D eigenvalue weighted by atomic mass is 10.2. The number of amides is 2. The molecular weight excluding hydrogens is 216 g/mol. The van der Waals surface area contributed by atoms with Gasteiger partial charge in [0.05, 0.1) is 6.54 Å². The highest BCUT2D eigenvalue weighted by atomic mass is 16.4. The molecule has 0 aliphatic carbocycles. The standard InChI is InChI=1S/C9H16N2O5/c1-6(13)11(2)5-8(14)10-7(3-4-12)9(15)16/h7,12H,3-5H2,1-2H3,(H,10,14)(H,15,16)/t7-/m0/s1. The highest BCUT2D eigenvalue weighted by Gasteiger charge is 2.20. The number of carbonyl (C=O) groups excluding carboxylic acids is 2. The number of hydrogen-bond donors (Lipinski definition) is 3. The van der Waals surface area contributed by atoms with Gasteiger partial charge >= 0.3 is 5.97 Å². The van der Waals surface area contributed by atoms with Gasteiger partial charge in [0.1, 0.15) is 6.04 Å². The van der Waals surface area contributed by atoms with Gasteiger partial charge in [0, 0.05) is 27.0 Å². The van der Waals surface area contributed by atoms with Crippen LogP contribution in [0.1, 0.15) is 13.3 Å². The van der Waals surface area contributed by atoms with E-state index in [4.69, 9.17) is 10.2 Å². The van der Waals surface area contributed by atoms with Gasteiger partial charge in [-0.1, -0.05) is 0 Å². The van der Waals surface area contributed by atoms with Crippen LogP contribution in [0, 0.1) is 0 Å². The fourth-order valence-corrected chi connectivity index (χ4v) is 0.953. The number of carboxylic acids is 1. The Morgan fingerprint density at radius 3 is 2.31 bits per heavy atom. The molecule has 2 amide bonds. The van der Waals surface area contributed by atoms with Gasteiger partial charge in [0.25, 0.3) is 0 Å². The quantitative estimate of drug-likeness (QED) is 0.512. The van der Waals surface area contributed by atoms with Gasteiger partial charge < -0.3 is 20.4 Å². The summed E-state index contributed by atoms with van der Waals surface area (Å²) in [6, 6.07) is -1.13. The van der Waals surface area contributed by atoms with E-state index in [1.165, 1.54) is 14.0 Å². The van der Waals surface area contributed by atoms with E-state index in [2.05, 4.69) is 5.32 Å². The van der Waals surface area contributed by atoms with Crippen molar-refractivity contribution in [3.8, 4) is 0 Å². The van der Waals surface area contributed by atoms with Crippen LogP contribution in [0.3, 0.4) is 0 Å². The average Bonchev–Trinajstić information content (AvgIpc) is 2.16. The highest BCUT2D eigenvalue weighted by Crippen LogP contribution is 1.92. The Balaban J connectivity index is 4.19. The lowest BCUT2D eigenvalue weighted by Gasteiger charge is -2.17. The Morgan fingerprint density at radius 1 is 1.38 bits per heavy atom. The van der Waals surface area contributed by atoms with Crippen molar-refractivity contribution in [2.75, 3.05) is 20.2 Å². The van der Waals surface area contributed by atoms with Gasteiger partial charge in [-0.05, 0) is 0 Å². The zero-order chi connectivity index (χ0) is 12.7. The lowest BCUT2D eigenvalue weighted by molar-refractivity contribution is -0.142. The van der Waals surface area contributed by atoms with Crippen molar-refractivity contribution in [3.05, 3.63) is 0 Å². The molecule has 7 nitrogen and oxygen atoms in total. The predicted molar refractivity (Wildman–Crippen MR) is 54.6 cm³/mol. The maximum Gasteiger partial charge on any atom is 0.326 e. The van der Waals surface area contributed by atoms with Gasteiger partial charge in [-0.15, -0.1) is 0 Å². The number of aliphatic carboxylic acids is 1. The van der Waals surface area contributed by atoms with Crippen molar-refractivity contribution in [2.45, 2.75) is 19.4 Å². The summed E-state index contributed by atoms with van der Waals surface area (Å²) >= 11 is 0. The fourth-order valence-electron chi connectivity index (χ4n) is 0.953. The number of likely N-dealkylation sites (N-methyl/N-ethyl adjacent to an activating group) is 1. The molecule has 0 saturated heterocycles. The third-order valence-electron chi connectivity index (χ3n) is 1.97. The van der Waals surface area contributed by atoms with Gasteiger partial charge in [0.15, 0.2) is 0 Å². The summed E-state index contributed by atoms with van der Waals surface area (Å²) in [7, 11) is 1.43. The van der Waals surface area contributed by atoms with Crippen molar-refractivity contribution < 1.29 is 24.6 Å². The molecule has 0 spiro atoms. The third kappa shape index (κ3) is 5.30. The summed E-state index contributed by atoms with van der Waals surface area (Å²) in [4.78, 5) is 33.9. The Morgan fingerprint density at radius 2 is 1.94 bits per heavy atom. The highest BCUT2D eigenvalue weighted by molar-refractivity contribution is 5.87. The van der Waals surface area contributed by atoms with E-state index in [1.807, 2.05) is 0 Å². The van der Waals surface area contributed by atoms with Crippen molar-refractivity contribution in [1.82, 2.24) is 10.2 Å². The van der Waals surface area contributed by atoms with Gasteiger partial charge in [-0.3, -0.25) is 9.59 Å². The van der Waals surface area contributed by atoms with Crippen molar-refractivity contribution in [1.29, 1.82) is 0 Å². The van der Waals surface area contributed by atoms with E-state index in [0.29, 0.717) is 0 Å². The SMILES string of the molecule is CC(=O)N(C)CC(=O)N[C@@H](CCO)C(=O)O.